The van der Waals surface area contributed by atoms with Gasteiger partial charge in [-0.25, -0.2) is 0 Å². The Morgan fingerprint density at radius 2 is 0.686 bits per heavy atom. The first-order chi connectivity index (χ1) is 34.7. The summed E-state index contributed by atoms with van der Waals surface area (Å²) in [6.45, 7) is 0. The highest BCUT2D eigenvalue weighted by molar-refractivity contribution is 6.08. The van der Waals surface area contributed by atoms with E-state index in [9.17, 15) is 0 Å². The van der Waals surface area contributed by atoms with Crippen LogP contribution >= 0.6 is 0 Å². The highest BCUT2D eigenvalue weighted by Gasteiger charge is 2.19. The second-order valence-corrected chi connectivity index (χ2v) is 18.1. The van der Waals surface area contributed by atoms with Crippen molar-refractivity contribution in [3.05, 3.63) is 273 Å². The Kier molecular flexibility index (Phi) is 10.2. The van der Waals surface area contributed by atoms with E-state index in [2.05, 4.69) is 266 Å². The molecule has 0 saturated heterocycles. The van der Waals surface area contributed by atoms with E-state index in [0.717, 1.165) is 72.7 Å². The van der Waals surface area contributed by atoms with Gasteiger partial charge in [-0.1, -0.05) is 218 Å². The Bertz CT molecular complexity index is 4010. The van der Waals surface area contributed by atoms with Crippen molar-refractivity contribution < 1.29 is 4.42 Å². The summed E-state index contributed by atoms with van der Waals surface area (Å²) in [5, 5.41) is 8.68. The Balaban J connectivity index is 0.817. The molecule has 12 aromatic carbocycles. The summed E-state index contributed by atoms with van der Waals surface area (Å²) in [6.07, 6.45) is 0. The minimum atomic E-state index is 0.885. The van der Waals surface area contributed by atoms with Crippen LogP contribution in [0.3, 0.4) is 0 Å². The molecule has 0 aliphatic carbocycles. The lowest BCUT2D eigenvalue weighted by Gasteiger charge is -2.26. The van der Waals surface area contributed by atoms with Crippen molar-refractivity contribution >= 4 is 60.3 Å². The average Bonchev–Trinajstić information content (AvgIpc) is 3.84. The van der Waals surface area contributed by atoms with Gasteiger partial charge < -0.3 is 9.32 Å². The van der Waals surface area contributed by atoms with Gasteiger partial charge in [0.2, 0.25) is 0 Å². The third-order valence-corrected chi connectivity index (χ3v) is 13.9. The largest absolute Gasteiger partial charge is 0.455 e. The van der Waals surface area contributed by atoms with E-state index in [1.165, 1.54) is 54.6 Å². The van der Waals surface area contributed by atoms with Crippen LogP contribution in [0, 0.1) is 0 Å². The molecule has 0 aliphatic rings. The molecule has 0 saturated carbocycles. The highest BCUT2D eigenvalue weighted by atomic mass is 16.3. The van der Waals surface area contributed by atoms with Crippen LogP contribution in [-0.4, -0.2) is 0 Å². The number of hydrogen-bond acceptors (Lipinski definition) is 2. The Hall–Kier alpha value is -9.24. The van der Waals surface area contributed by atoms with E-state index in [0.29, 0.717) is 0 Å². The number of furan rings is 1. The molecule has 0 spiro atoms. The van der Waals surface area contributed by atoms with Gasteiger partial charge in [0, 0.05) is 33.6 Å². The lowest BCUT2D eigenvalue weighted by molar-refractivity contribution is 0.632. The van der Waals surface area contributed by atoms with Crippen LogP contribution in [0.2, 0.25) is 0 Å². The third-order valence-electron chi connectivity index (χ3n) is 13.9. The zero-order valence-corrected chi connectivity index (χ0v) is 38.3. The summed E-state index contributed by atoms with van der Waals surface area (Å²) >= 11 is 0. The highest BCUT2D eigenvalue weighted by Crippen LogP contribution is 2.43. The summed E-state index contributed by atoms with van der Waals surface area (Å²) in [7, 11) is 0. The Labute approximate surface area is 407 Å². The number of rotatable bonds is 9. The Morgan fingerprint density at radius 1 is 0.243 bits per heavy atom. The first-order valence-electron chi connectivity index (χ1n) is 24.0. The molecule has 1 aromatic heterocycles. The van der Waals surface area contributed by atoms with Crippen LogP contribution in [0.15, 0.2) is 277 Å². The van der Waals surface area contributed by atoms with Gasteiger partial charge in [0.05, 0.1) is 0 Å². The van der Waals surface area contributed by atoms with Crippen LogP contribution in [0.25, 0.3) is 110 Å². The topological polar surface area (TPSA) is 16.4 Å². The predicted molar refractivity (Wildman–Crippen MR) is 296 cm³/mol. The molecule has 13 rings (SSSR count). The predicted octanol–water partition coefficient (Wildman–Crippen LogP) is 19.4. The molecule has 0 amide bonds. The molecule has 13 aromatic rings. The summed E-state index contributed by atoms with van der Waals surface area (Å²) in [5.41, 5.74) is 16.9. The maximum absolute atomic E-state index is 6.57. The SMILES string of the molecule is c1ccc(-c2c(-c3cccc(-c4ccc(-c5ccc(N(c6ccc(-c7ccc8c(ccc9ccccc98)c7)cc6)c6ccc(-c7cccc8ccccc78)cc6)cc5)cc4)c3)oc3ccccc23)cc1. The Morgan fingerprint density at radius 3 is 1.37 bits per heavy atom. The molecule has 0 bridgehead atoms. The van der Waals surface area contributed by atoms with E-state index in [1.54, 1.807) is 0 Å². The van der Waals surface area contributed by atoms with Crippen molar-refractivity contribution in [2.24, 2.45) is 0 Å². The van der Waals surface area contributed by atoms with Gasteiger partial charge in [-0.3, -0.25) is 0 Å². The molecular weight excluding hydrogens is 847 g/mol. The standard InChI is InChI=1S/C68H45NO/c1-2-14-53(15-3-1)67-65-21-8-9-23-66(65)70-68(67)57-18-10-17-54(45-57)48-26-24-46(25-27-48)47-30-37-58(38-31-47)69(60-41-34-52(35-42-60)63-22-11-16-50-12-4-6-19-61(50)63)59-39-32-49(33-40-59)55-36-43-64-56(44-55)29-28-51-13-5-7-20-62(51)64/h1-45H. The lowest BCUT2D eigenvalue weighted by atomic mass is 9.95. The van der Waals surface area contributed by atoms with E-state index in [-0.39, 0.29) is 0 Å². The lowest BCUT2D eigenvalue weighted by Crippen LogP contribution is -2.09. The smallest absolute Gasteiger partial charge is 0.143 e. The number of fused-ring (bicyclic) bond motifs is 5. The minimum Gasteiger partial charge on any atom is -0.455 e. The quantitative estimate of drug-likeness (QED) is 0.134. The van der Waals surface area contributed by atoms with Gasteiger partial charge in [0.15, 0.2) is 0 Å². The molecule has 0 unspecified atom stereocenters. The van der Waals surface area contributed by atoms with Crippen molar-refractivity contribution in [3.63, 3.8) is 0 Å². The molecule has 2 heteroatoms. The van der Waals surface area contributed by atoms with E-state index in [4.69, 9.17) is 4.42 Å². The molecule has 70 heavy (non-hydrogen) atoms. The van der Waals surface area contributed by atoms with Crippen LogP contribution in [0.5, 0.6) is 0 Å². The molecular formula is C68H45NO. The minimum absolute atomic E-state index is 0.885. The van der Waals surface area contributed by atoms with Gasteiger partial charge in [-0.15, -0.1) is 0 Å². The summed E-state index contributed by atoms with van der Waals surface area (Å²) in [6, 6.07) is 98.5. The van der Waals surface area contributed by atoms with Crippen LogP contribution in [-0.2, 0) is 0 Å². The molecule has 1 heterocycles. The third kappa shape index (κ3) is 7.49. The summed E-state index contributed by atoms with van der Waals surface area (Å²) in [5.74, 6) is 0.885. The number of nitrogens with zero attached hydrogens (tertiary/aromatic N) is 1. The number of para-hydroxylation sites is 1. The van der Waals surface area contributed by atoms with Gasteiger partial charge in [-0.2, -0.15) is 0 Å². The monoisotopic (exact) mass is 891 g/mol. The van der Waals surface area contributed by atoms with E-state index < -0.39 is 0 Å². The van der Waals surface area contributed by atoms with Crippen LogP contribution in [0.1, 0.15) is 0 Å². The molecule has 0 radical (unpaired) electrons. The van der Waals surface area contributed by atoms with Crippen molar-refractivity contribution in [2.75, 3.05) is 4.90 Å². The second-order valence-electron chi connectivity index (χ2n) is 18.1. The van der Waals surface area contributed by atoms with E-state index in [1.807, 2.05) is 12.1 Å². The van der Waals surface area contributed by atoms with Crippen molar-refractivity contribution in [2.45, 2.75) is 0 Å². The van der Waals surface area contributed by atoms with Gasteiger partial charge in [0.1, 0.15) is 11.3 Å². The molecule has 0 fully saturated rings. The summed E-state index contributed by atoms with van der Waals surface area (Å²) < 4.78 is 6.57. The van der Waals surface area contributed by atoms with Gasteiger partial charge >= 0.3 is 0 Å². The zero-order chi connectivity index (χ0) is 46.4. The second kappa shape index (κ2) is 17.4. The molecule has 2 nitrogen and oxygen atoms in total. The van der Waals surface area contributed by atoms with Crippen molar-refractivity contribution in [3.8, 4) is 67.0 Å². The maximum Gasteiger partial charge on any atom is 0.143 e. The fraction of sp³-hybridized carbons (Fsp3) is 0. The molecule has 328 valence electrons. The van der Waals surface area contributed by atoms with Crippen LogP contribution < -0.4 is 4.90 Å². The molecule has 0 atom stereocenters. The number of hydrogen-bond donors (Lipinski definition) is 0. The maximum atomic E-state index is 6.57. The first-order valence-corrected chi connectivity index (χ1v) is 24.0. The number of benzene rings is 12. The van der Waals surface area contributed by atoms with Crippen LogP contribution in [0.4, 0.5) is 17.1 Å². The normalized spacial score (nSPS) is 11.4. The first kappa shape index (κ1) is 41.0. The fourth-order valence-corrected chi connectivity index (χ4v) is 10.3. The van der Waals surface area contributed by atoms with Crippen molar-refractivity contribution in [1.82, 2.24) is 0 Å². The zero-order valence-electron chi connectivity index (χ0n) is 38.3. The van der Waals surface area contributed by atoms with Crippen molar-refractivity contribution in [1.29, 1.82) is 0 Å². The molecule has 0 aliphatic heterocycles. The molecule has 0 N–H and O–H groups in total. The van der Waals surface area contributed by atoms with Gasteiger partial charge in [-0.05, 0) is 137 Å². The average molecular weight is 892 g/mol. The fourth-order valence-electron chi connectivity index (χ4n) is 10.3. The van der Waals surface area contributed by atoms with Gasteiger partial charge in [0.25, 0.3) is 0 Å². The number of anilines is 3. The summed E-state index contributed by atoms with van der Waals surface area (Å²) in [4.78, 5) is 2.36. The van der Waals surface area contributed by atoms with E-state index >= 15 is 0 Å².